The molecule has 1 aromatic heterocycles. The first-order valence-electron chi connectivity index (χ1n) is 12.8. The number of halogens is 2. The summed E-state index contributed by atoms with van der Waals surface area (Å²) in [5.41, 5.74) is 1.02. The monoisotopic (exact) mass is 537 g/mol. The van der Waals surface area contributed by atoms with Gasteiger partial charge in [-0.2, -0.15) is 0 Å². The molecule has 0 radical (unpaired) electrons. The molecule has 4 heterocycles. The fourth-order valence-corrected chi connectivity index (χ4v) is 8.27. The van der Waals surface area contributed by atoms with Gasteiger partial charge in [-0.1, -0.05) is 37.1 Å². The van der Waals surface area contributed by atoms with E-state index in [2.05, 4.69) is 0 Å². The van der Waals surface area contributed by atoms with Gasteiger partial charge in [-0.15, -0.1) is 11.8 Å². The lowest BCUT2D eigenvalue weighted by molar-refractivity contribution is -0.0198. The molecule has 2 aromatic carbocycles. The number of amides is 1. The van der Waals surface area contributed by atoms with E-state index < -0.39 is 45.7 Å². The minimum atomic E-state index is -0.890. The fraction of sp³-hybridized carbons (Fsp3) is 0.357. The van der Waals surface area contributed by atoms with Crippen molar-refractivity contribution in [2.75, 3.05) is 24.8 Å². The molecule has 2 atom stereocenters. The molecule has 10 heteroatoms. The van der Waals surface area contributed by atoms with Gasteiger partial charge in [0, 0.05) is 34.0 Å². The van der Waals surface area contributed by atoms with Crippen LogP contribution in [0, 0.1) is 11.6 Å². The summed E-state index contributed by atoms with van der Waals surface area (Å²) in [6, 6.07) is 11.2. The average molecular weight is 538 g/mol. The Morgan fingerprint density at radius 2 is 1.82 bits per heavy atom. The maximum absolute atomic E-state index is 15.9. The molecule has 1 saturated carbocycles. The lowest BCUT2D eigenvalue weighted by atomic mass is 9.85. The van der Waals surface area contributed by atoms with Crippen molar-refractivity contribution in [3.8, 4) is 5.75 Å². The highest BCUT2D eigenvalue weighted by atomic mass is 32.2. The van der Waals surface area contributed by atoms with Crippen molar-refractivity contribution in [1.29, 1.82) is 0 Å². The smallest absolute Gasteiger partial charge is 0.278 e. The second kappa shape index (κ2) is 8.57. The molecule has 1 aliphatic carbocycles. The lowest BCUT2D eigenvalue weighted by Crippen LogP contribution is -2.66. The minimum absolute atomic E-state index is 0.148. The van der Waals surface area contributed by atoms with Crippen LogP contribution in [0.25, 0.3) is 0 Å². The Kier molecular flexibility index (Phi) is 5.35. The maximum Gasteiger partial charge on any atom is 0.278 e. The number of ether oxygens (including phenoxy) is 1. The number of aromatic nitrogens is 1. The molecule has 1 saturated heterocycles. The molecule has 7 rings (SSSR count). The van der Waals surface area contributed by atoms with Crippen molar-refractivity contribution >= 4 is 17.7 Å². The fourth-order valence-electron chi connectivity index (χ4n) is 6.60. The third-order valence-corrected chi connectivity index (χ3v) is 9.84. The summed E-state index contributed by atoms with van der Waals surface area (Å²) in [5, 5.41) is 12.6. The van der Waals surface area contributed by atoms with Gasteiger partial charge in [-0.3, -0.25) is 19.3 Å². The summed E-state index contributed by atoms with van der Waals surface area (Å²) in [5.74, 6) is -2.85. The second-order valence-electron chi connectivity index (χ2n) is 10.2. The van der Waals surface area contributed by atoms with Gasteiger partial charge in [0.1, 0.15) is 6.17 Å². The topological polar surface area (TPSA) is 75.0 Å². The van der Waals surface area contributed by atoms with Crippen LogP contribution in [0.3, 0.4) is 0 Å². The molecule has 196 valence electrons. The van der Waals surface area contributed by atoms with Crippen molar-refractivity contribution in [3.05, 3.63) is 92.9 Å². The average Bonchev–Trinajstić information content (AvgIpc) is 3.35. The number of nitrogens with zero attached hydrogens (tertiary/aromatic N) is 3. The molecular weight excluding hydrogens is 512 g/mol. The predicted octanol–water partition coefficient (Wildman–Crippen LogP) is 4.25. The van der Waals surface area contributed by atoms with E-state index in [9.17, 15) is 19.1 Å². The number of benzene rings is 2. The van der Waals surface area contributed by atoms with Crippen LogP contribution in [0.5, 0.6) is 5.75 Å². The van der Waals surface area contributed by atoms with Gasteiger partial charge in [-0.25, -0.2) is 8.78 Å². The third-order valence-electron chi connectivity index (χ3n) is 8.25. The summed E-state index contributed by atoms with van der Waals surface area (Å²) < 4.78 is 37.5. The maximum atomic E-state index is 15.9. The van der Waals surface area contributed by atoms with Crippen LogP contribution in [0.4, 0.5) is 8.78 Å². The van der Waals surface area contributed by atoms with Crippen LogP contribution in [0.2, 0.25) is 0 Å². The zero-order chi connectivity index (χ0) is 26.2. The number of carbonyl (C=O) groups excluding carboxylic acids is 1. The third kappa shape index (κ3) is 3.22. The minimum Gasteiger partial charge on any atom is -0.502 e. The molecule has 1 amide bonds. The number of carbonyl (C=O) groups is 1. The highest BCUT2D eigenvalue weighted by Gasteiger charge is 2.50. The van der Waals surface area contributed by atoms with Crippen molar-refractivity contribution < 1.29 is 23.4 Å². The second-order valence-corrected chi connectivity index (χ2v) is 11.7. The van der Waals surface area contributed by atoms with Crippen LogP contribution in [-0.2, 0) is 9.48 Å². The van der Waals surface area contributed by atoms with Gasteiger partial charge in [0.25, 0.3) is 5.91 Å². The Morgan fingerprint density at radius 3 is 2.63 bits per heavy atom. The molecule has 0 unspecified atom stereocenters. The Balaban J connectivity index is 1.56. The molecule has 3 aromatic rings. The van der Waals surface area contributed by atoms with Gasteiger partial charge in [0.05, 0.1) is 19.3 Å². The summed E-state index contributed by atoms with van der Waals surface area (Å²) in [6.07, 6.45) is 4.12. The number of hydrogen-bond donors (Lipinski definition) is 1. The van der Waals surface area contributed by atoms with Crippen LogP contribution in [-0.4, -0.2) is 46.5 Å². The standard InChI is InChI=1S/C28H25F2N3O4S/c29-18-8-7-17-22(23(18)30)28(10-3-4-11-28)38-20-6-2-1-5-16(20)24(17)33-21-15-37-14-13-31(21)27(36)25-26(35)19(34)9-12-32(25)33/h1-2,5-9,12,21,24,35H,3-4,10-11,13-15H2/t21-,24-/m1/s1. The van der Waals surface area contributed by atoms with E-state index >= 15 is 4.39 Å². The van der Waals surface area contributed by atoms with Crippen molar-refractivity contribution in [2.24, 2.45) is 0 Å². The molecule has 4 aliphatic rings. The summed E-state index contributed by atoms with van der Waals surface area (Å²) in [7, 11) is 0. The quantitative estimate of drug-likeness (QED) is 0.501. The van der Waals surface area contributed by atoms with Crippen molar-refractivity contribution in [2.45, 2.75) is 47.5 Å². The van der Waals surface area contributed by atoms with Gasteiger partial charge >= 0.3 is 0 Å². The van der Waals surface area contributed by atoms with E-state index in [4.69, 9.17) is 4.74 Å². The molecule has 7 nitrogen and oxygen atoms in total. The molecular formula is C28H25F2N3O4S. The highest BCUT2D eigenvalue weighted by Crippen LogP contribution is 2.59. The van der Waals surface area contributed by atoms with Crippen LogP contribution in [0.15, 0.2) is 58.4 Å². The number of aromatic hydroxyl groups is 1. The molecule has 3 aliphatic heterocycles. The largest absolute Gasteiger partial charge is 0.502 e. The summed E-state index contributed by atoms with van der Waals surface area (Å²) >= 11 is 1.58. The first-order valence-corrected chi connectivity index (χ1v) is 13.6. The van der Waals surface area contributed by atoms with Crippen LogP contribution < -0.4 is 10.4 Å². The molecule has 2 fully saturated rings. The van der Waals surface area contributed by atoms with Crippen molar-refractivity contribution in [1.82, 2.24) is 9.58 Å². The normalized spacial score (nSPS) is 23.5. The zero-order valence-electron chi connectivity index (χ0n) is 20.4. The Bertz CT molecular complexity index is 1540. The van der Waals surface area contributed by atoms with Gasteiger partial charge in [0.2, 0.25) is 5.43 Å². The van der Waals surface area contributed by atoms with E-state index in [0.29, 0.717) is 30.6 Å². The molecule has 0 bridgehead atoms. The van der Waals surface area contributed by atoms with E-state index in [1.54, 1.807) is 22.7 Å². The number of pyridine rings is 1. The Hall–Kier alpha value is -3.37. The number of thioether (sulfide) groups is 1. The van der Waals surface area contributed by atoms with E-state index in [-0.39, 0.29) is 18.8 Å². The Labute approximate surface area is 221 Å². The predicted molar refractivity (Wildman–Crippen MR) is 137 cm³/mol. The first kappa shape index (κ1) is 23.7. The zero-order valence-corrected chi connectivity index (χ0v) is 21.2. The van der Waals surface area contributed by atoms with E-state index in [1.807, 2.05) is 29.3 Å². The lowest BCUT2D eigenvalue weighted by Gasteiger charge is -2.51. The van der Waals surface area contributed by atoms with Crippen LogP contribution in [0.1, 0.15) is 58.9 Å². The number of rotatable bonds is 1. The molecule has 38 heavy (non-hydrogen) atoms. The van der Waals surface area contributed by atoms with Crippen LogP contribution >= 0.6 is 11.8 Å². The van der Waals surface area contributed by atoms with E-state index in [1.165, 1.54) is 16.9 Å². The summed E-state index contributed by atoms with van der Waals surface area (Å²) in [6.45, 7) is 0.749. The number of hydrogen-bond acceptors (Lipinski definition) is 6. The SMILES string of the molecule is O=C1c2c(O)c(=O)ccn2N([C@@H]2c3ccccc3SC3(CCCC3)c3c2ccc(F)c3F)[C@@H]2COCCN12. The van der Waals surface area contributed by atoms with Crippen molar-refractivity contribution in [3.63, 3.8) is 0 Å². The highest BCUT2D eigenvalue weighted by molar-refractivity contribution is 8.00. The molecule has 1 spiro atoms. The van der Waals surface area contributed by atoms with Gasteiger partial charge in [-0.05, 0) is 36.1 Å². The number of fused-ring (bicyclic) bond motifs is 5. The number of morpholine rings is 1. The van der Waals surface area contributed by atoms with Gasteiger partial charge < -0.3 is 14.7 Å². The van der Waals surface area contributed by atoms with E-state index in [0.717, 1.165) is 29.4 Å². The summed E-state index contributed by atoms with van der Waals surface area (Å²) in [4.78, 5) is 28.5. The molecule has 1 N–H and O–H groups in total. The van der Waals surface area contributed by atoms with Gasteiger partial charge in [0.15, 0.2) is 23.1 Å². The first-order chi connectivity index (χ1) is 18.4. The Morgan fingerprint density at radius 1 is 1.03 bits per heavy atom.